The fraction of sp³-hybridized carbons (Fsp3) is 0.500. The zero-order valence-electron chi connectivity index (χ0n) is 16.9. The lowest BCUT2D eigenvalue weighted by Gasteiger charge is -2.27. The molecule has 158 valence electrons. The number of aromatic nitrogens is 4. The zero-order valence-corrected chi connectivity index (χ0v) is 16.9. The second-order valence-electron chi connectivity index (χ2n) is 7.54. The Labute approximate surface area is 165 Å². The van der Waals surface area contributed by atoms with E-state index in [1.54, 1.807) is 27.7 Å². The molecule has 0 bridgehead atoms. The van der Waals surface area contributed by atoms with Gasteiger partial charge in [0, 0.05) is 50.2 Å². The molecule has 0 aliphatic rings. The van der Waals surface area contributed by atoms with Crippen LogP contribution in [0.5, 0.6) is 0 Å². The second kappa shape index (κ2) is 8.76. The first-order chi connectivity index (χ1) is 13.5. The van der Waals surface area contributed by atoms with E-state index in [-0.39, 0.29) is 26.2 Å². The molecule has 0 aliphatic carbocycles. The highest BCUT2D eigenvalue weighted by atomic mass is 16.6. The number of carbonyl (C=O) groups excluding carboxylic acids is 1. The average molecular weight is 407 g/mol. The number of ether oxygens (including phenoxy) is 1. The van der Waals surface area contributed by atoms with Gasteiger partial charge in [-0.2, -0.15) is 0 Å². The van der Waals surface area contributed by atoms with Crippen LogP contribution in [-0.2, 0) is 17.8 Å². The Bertz CT molecular complexity index is 1100. The predicted octanol–water partition coefficient (Wildman–Crippen LogP) is -0.368. The molecule has 2 rings (SSSR count). The summed E-state index contributed by atoms with van der Waals surface area (Å²) in [5.41, 5.74) is -2.50. The van der Waals surface area contributed by atoms with Crippen LogP contribution in [0, 0.1) is 6.92 Å². The molecule has 0 fully saturated rings. The lowest BCUT2D eigenvalue weighted by atomic mass is 10.2. The molecule has 2 N–H and O–H groups in total. The number of carbonyl (C=O) groups is 1. The molecular weight excluding hydrogens is 382 g/mol. The monoisotopic (exact) mass is 407 g/mol. The molecule has 0 saturated heterocycles. The Morgan fingerprint density at radius 1 is 1.03 bits per heavy atom. The van der Waals surface area contributed by atoms with Crippen molar-refractivity contribution in [3.63, 3.8) is 0 Å². The molecule has 0 spiro atoms. The van der Waals surface area contributed by atoms with E-state index in [0.717, 1.165) is 0 Å². The highest BCUT2D eigenvalue weighted by molar-refractivity contribution is 5.68. The summed E-state index contributed by atoms with van der Waals surface area (Å²) in [4.78, 5) is 64.7. The standard InChI is InChI=1S/C18H25N5O6/c1-12-11-23(16(27)20-14(12)25)10-9-22(17(28)29-18(2,3)4)8-7-21-6-5-13(24)19-15(21)26/h5-6,11H,7-10H2,1-4H3,(H,19,24,26)(H,20,25,27). The molecule has 0 saturated carbocycles. The van der Waals surface area contributed by atoms with Crippen LogP contribution in [-0.4, -0.2) is 48.8 Å². The molecule has 2 aromatic rings. The van der Waals surface area contributed by atoms with E-state index in [4.69, 9.17) is 4.74 Å². The van der Waals surface area contributed by atoms with Crippen molar-refractivity contribution in [3.05, 3.63) is 65.7 Å². The summed E-state index contributed by atoms with van der Waals surface area (Å²) < 4.78 is 7.95. The Kier molecular flexibility index (Phi) is 6.62. The first-order valence-electron chi connectivity index (χ1n) is 9.04. The van der Waals surface area contributed by atoms with Crippen molar-refractivity contribution in [2.75, 3.05) is 13.1 Å². The smallest absolute Gasteiger partial charge is 0.410 e. The minimum absolute atomic E-state index is 0.109. The van der Waals surface area contributed by atoms with Gasteiger partial charge in [-0.05, 0) is 27.7 Å². The molecule has 11 nitrogen and oxygen atoms in total. The van der Waals surface area contributed by atoms with Crippen molar-refractivity contribution in [1.29, 1.82) is 0 Å². The topological polar surface area (TPSA) is 139 Å². The van der Waals surface area contributed by atoms with Crippen LogP contribution in [0.4, 0.5) is 4.79 Å². The van der Waals surface area contributed by atoms with Crippen LogP contribution in [0.2, 0.25) is 0 Å². The summed E-state index contributed by atoms with van der Waals surface area (Å²) in [7, 11) is 0. The third-order valence-corrected chi connectivity index (χ3v) is 3.96. The van der Waals surface area contributed by atoms with E-state index in [1.807, 2.05) is 0 Å². The van der Waals surface area contributed by atoms with Crippen molar-refractivity contribution >= 4 is 6.09 Å². The van der Waals surface area contributed by atoms with Gasteiger partial charge in [0.05, 0.1) is 0 Å². The Morgan fingerprint density at radius 2 is 1.62 bits per heavy atom. The first-order valence-corrected chi connectivity index (χ1v) is 9.04. The number of amides is 1. The molecular formula is C18H25N5O6. The fourth-order valence-electron chi connectivity index (χ4n) is 2.48. The van der Waals surface area contributed by atoms with Crippen LogP contribution in [0.15, 0.2) is 37.6 Å². The van der Waals surface area contributed by atoms with E-state index >= 15 is 0 Å². The number of aryl methyl sites for hydroxylation is 1. The van der Waals surface area contributed by atoms with Crippen LogP contribution in [0.25, 0.3) is 0 Å². The van der Waals surface area contributed by atoms with Gasteiger partial charge in [0.1, 0.15) is 5.60 Å². The zero-order chi connectivity index (χ0) is 21.8. The fourth-order valence-corrected chi connectivity index (χ4v) is 2.48. The molecule has 0 unspecified atom stereocenters. The summed E-state index contributed by atoms with van der Waals surface area (Å²) in [6.07, 6.45) is 2.15. The molecule has 2 aromatic heterocycles. The molecule has 2 heterocycles. The van der Waals surface area contributed by atoms with Crippen LogP contribution >= 0.6 is 0 Å². The summed E-state index contributed by atoms with van der Waals surface area (Å²) in [6.45, 7) is 7.21. The molecule has 11 heteroatoms. The SMILES string of the molecule is Cc1cn(CCN(CCn2ccc(=O)[nH]c2=O)C(=O)OC(C)(C)C)c(=O)[nH]c1=O. The van der Waals surface area contributed by atoms with Gasteiger partial charge in [-0.3, -0.25) is 28.7 Å². The molecule has 1 amide bonds. The maximum absolute atomic E-state index is 12.6. The maximum Gasteiger partial charge on any atom is 0.410 e. The average Bonchev–Trinajstić information content (AvgIpc) is 2.59. The van der Waals surface area contributed by atoms with Gasteiger partial charge in [0.25, 0.3) is 11.1 Å². The number of hydrogen-bond donors (Lipinski definition) is 2. The van der Waals surface area contributed by atoms with Crippen molar-refractivity contribution < 1.29 is 9.53 Å². The van der Waals surface area contributed by atoms with Gasteiger partial charge in [0.15, 0.2) is 0 Å². The largest absolute Gasteiger partial charge is 0.444 e. The number of aromatic amines is 2. The minimum atomic E-state index is -0.727. The lowest BCUT2D eigenvalue weighted by molar-refractivity contribution is 0.0236. The molecule has 0 atom stereocenters. The van der Waals surface area contributed by atoms with E-state index in [2.05, 4.69) is 9.97 Å². The number of rotatable bonds is 6. The van der Waals surface area contributed by atoms with Crippen molar-refractivity contribution in [1.82, 2.24) is 24.0 Å². The van der Waals surface area contributed by atoms with Crippen LogP contribution in [0.1, 0.15) is 26.3 Å². The van der Waals surface area contributed by atoms with Crippen molar-refractivity contribution in [3.8, 4) is 0 Å². The Morgan fingerprint density at radius 3 is 2.21 bits per heavy atom. The van der Waals surface area contributed by atoms with E-state index in [0.29, 0.717) is 5.56 Å². The van der Waals surface area contributed by atoms with E-state index < -0.39 is 34.2 Å². The summed E-state index contributed by atoms with van der Waals surface area (Å²) in [6, 6.07) is 1.21. The predicted molar refractivity (Wildman–Crippen MR) is 105 cm³/mol. The van der Waals surface area contributed by atoms with Crippen LogP contribution in [0.3, 0.4) is 0 Å². The third kappa shape index (κ3) is 6.33. The Balaban J connectivity index is 2.18. The Hall–Kier alpha value is -3.37. The van der Waals surface area contributed by atoms with Gasteiger partial charge < -0.3 is 9.64 Å². The highest BCUT2D eigenvalue weighted by Crippen LogP contribution is 2.10. The number of H-pyrrole nitrogens is 2. The molecule has 0 radical (unpaired) electrons. The summed E-state index contributed by atoms with van der Waals surface area (Å²) >= 11 is 0. The molecule has 0 aromatic carbocycles. The third-order valence-electron chi connectivity index (χ3n) is 3.96. The van der Waals surface area contributed by atoms with Crippen molar-refractivity contribution in [2.45, 2.75) is 46.4 Å². The highest BCUT2D eigenvalue weighted by Gasteiger charge is 2.22. The summed E-state index contributed by atoms with van der Waals surface area (Å²) in [5.74, 6) is 0. The van der Waals surface area contributed by atoms with Gasteiger partial charge in [-0.1, -0.05) is 0 Å². The molecule has 0 aliphatic heterocycles. The quantitative estimate of drug-likeness (QED) is 0.670. The van der Waals surface area contributed by atoms with E-state index in [9.17, 15) is 24.0 Å². The second-order valence-corrected chi connectivity index (χ2v) is 7.54. The van der Waals surface area contributed by atoms with Gasteiger partial charge in [-0.25, -0.2) is 14.4 Å². The maximum atomic E-state index is 12.6. The van der Waals surface area contributed by atoms with Crippen molar-refractivity contribution in [2.24, 2.45) is 0 Å². The lowest BCUT2D eigenvalue weighted by Crippen LogP contribution is -2.43. The van der Waals surface area contributed by atoms with Crippen LogP contribution < -0.4 is 22.5 Å². The van der Waals surface area contributed by atoms with E-state index in [1.165, 1.54) is 32.5 Å². The number of hydrogen-bond acceptors (Lipinski definition) is 6. The normalized spacial score (nSPS) is 11.3. The summed E-state index contributed by atoms with van der Waals surface area (Å²) in [5, 5.41) is 0. The number of nitrogens with one attached hydrogen (secondary N) is 2. The molecule has 29 heavy (non-hydrogen) atoms. The first kappa shape index (κ1) is 21.9. The number of nitrogens with zero attached hydrogens (tertiary/aromatic N) is 3. The van der Waals surface area contributed by atoms with Gasteiger partial charge >= 0.3 is 17.5 Å². The minimum Gasteiger partial charge on any atom is -0.444 e. The van der Waals surface area contributed by atoms with Gasteiger partial charge in [-0.15, -0.1) is 0 Å². The van der Waals surface area contributed by atoms with Gasteiger partial charge in [0.2, 0.25) is 0 Å².